The zero-order chi connectivity index (χ0) is 8.57. The van der Waals surface area contributed by atoms with E-state index in [2.05, 4.69) is 6.58 Å². The second-order valence-corrected chi connectivity index (χ2v) is 0.918. The van der Waals surface area contributed by atoms with E-state index in [0.717, 1.165) is 11.6 Å². The van der Waals surface area contributed by atoms with Crippen LogP contribution in [0.1, 0.15) is 0 Å². The first-order valence-electron chi connectivity index (χ1n) is 2.02. The molecule has 0 saturated heterocycles. The summed E-state index contributed by atoms with van der Waals surface area (Å²) in [5, 5.41) is 23.7. The molecular weight excluding hydrogens is 142 g/mol. The van der Waals surface area contributed by atoms with Crippen LogP contribution in [0.4, 0.5) is 9.59 Å². The highest BCUT2D eigenvalue weighted by molar-refractivity contribution is 5.84. The lowest BCUT2D eigenvalue weighted by atomic mass is 11.0. The highest BCUT2D eigenvalue weighted by Crippen LogP contribution is 1.59. The molecule has 4 N–H and O–H groups in total. The Balaban J connectivity index is 0. The first kappa shape index (κ1) is 11.1. The van der Waals surface area contributed by atoms with Gasteiger partial charge in [-0.05, 0) is 0 Å². The average Bonchev–Trinajstić information content (AvgIpc) is 1.62. The second kappa shape index (κ2) is 7.28. The molecule has 0 unspecified atom stereocenters. The van der Waals surface area contributed by atoms with Gasteiger partial charge in [-0.2, -0.15) is 0 Å². The van der Waals surface area contributed by atoms with Gasteiger partial charge >= 0.3 is 12.2 Å². The number of imide groups is 1. The lowest BCUT2D eigenvalue weighted by Crippen LogP contribution is -2.26. The Morgan fingerprint density at radius 3 is 1.50 bits per heavy atom. The normalized spacial score (nSPS) is 6.40. The summed E-state index contributed by atoms with van der Waals surface area (Å²) < 4.78 is 0. The molecule has 0 bridgehead atoms. The Hall–Kier alpha value is -1.72. The number of amides is 2. The van der Waals surface area contributed by atoms with E-state index in [9.17, 15) is 9.59 Å². The first-order chi connectivity index (χ1) is 4.54. The third kappa shape index (κ3) is 33.7. The molecule has 0 aliphatic heterocycles. The SMILES string of the molecule is C=CO.O=C(O)NC(=O)O. The van der Waals surface area contributed by atoms with Gasteiger partial charge in [-0.15, -0.1) is 0 Å². The Morgan fingerprint density at radius 2 is 1.50 bits per heavy atom. The van der Waals surface area contributed by atoms with E-state index in [1.165, 1.54) is 0 Å². The number of aliphatic hydroxyl groups excluding tert-OH is 1. The Labute approximate surface area is 56.4 Å². The number of carboxylic acid groups (broad SMARTS) is 2. The van der Waals surface area contributed by atoms with Crippen molar-refractivity contribution in [2.75, 3.05) is 0 Å². The third-order valence-corrected chi connectivity index (χ3v) is 0.214. The standard InChI is InChI=1S/C2H3NO4.C2H4O/c4-1(5)3-2(6)7;1-2-3/h3H,(H,4,5)(H,6,7);2-3H,1H2. The van der Waals surface area contributed by atoms with Crippen molar-refractivity contribution >= 4 is 12.2 Å². The summed E-state index contributed by atoms with van der Waals surface area (Å²) in [4.78, 5) is 18.6. The predicted molar refractivity (Wildman–Crippen MR) is 32.0 cm³/mol. The van der Waals surface area contributed by atoms with Gasteiger partial charge in [0.25, 0.3) is 0 Å². The molecule has 0 atom stereocenters. The van der Waals surface area contributed by atoms with E-state index < -0.39 is 12.2 Å². The summed E-state index contributed by atoms with van der Waals surface area (Å²) in [6.07, 6.45) is -2.37. The number of hydrogen-bond acceptors (Lipinski definition) is 3. The molecule has 0 aliphatic rings. The highest BCUT2D eigenvalue weighted by Gasteiger charge is 1.97. The van der Waals surface area contributed by atoms with E-state index in [4.69, 9.17) is 15.3 Å². The highest BCUT2D eigenvalue weighted by atomic mass is 16.4. The molecule has 0 aromatic heterocycles. The topological polar surface area (TPSA) is 107 Å². The number of hydrogen-bond donors (Lipinski definition) is 4. The quantitative estimate of drug-likeness (QED) is 0.377. The van der Waals surface area contributed by atoms with Crippen molar-refractivity contribution in [2.24, 2.45) is 0 Å². The summed E-state index contributed by atoms with van der Waals surface area (Å²) in [5.74, 6) is 0. The van der Waals surface area contributed by atoms with Crippen LogP contribution in [0, 0.1) is 0 Å². The molecule has 6 nitrogen and oxygen atoms in total. The van der Waals surface area contributed by atoms with Crippen LogP contribution in [-0.4, -0.2) is 27.5 Å². The number of rotatable bonds is 0. The minimum atomic E-state index is -1.56. The van der Waals surface area contributed by atoms with Crippen LogP contribution in [0.2, 0.25) is 0 Å². The third-order valence-electron chi connectivity index (χ3n) is 0.214. The van der Waals surface area contributed by atoms with Gasteiger partial charge in [-0.1, -0.05) is 6.58 Å². The summed E-state index contributed by atoms with van der Waals surface area (Å²) >= 11 is 0. The summed E-state index contributed by atoms with van der Waals surface area (Å²) in [5.41, 5.74) is 0. The van der Waals surface area contributed by atoms with Crippen LogP contribution >= 0.6 is 0 Å². The van der Waals surface area contributed by atoms with Gasteiger partial charge in [0, 0.05) is 0 Å². The van der Waals surface area contributed by atoms with Crippen LogP contribution in [0.25, 0.3) is 0 Å². The van der Waals surface area contributed by atoms with Crippen LogP contribution in [0.5, 0.6) is 0 Å². The van der Waals surface area contributed by atoms with E-state index in [-0.39, 0.29) is 0 Å². The lowest BCUT2D eigenvalue weighted by molar-refractivity contribution is 0.174. The molecule has 6 heteroatoms. The van der Waals surface area contributed by atoms with E-state index in [0.29, 0.717) is 0 Å². The zero-order valence-electron chi connectivity index (χ0n) is 4.94. The minimum absolute atomic E-state index is 0.750. The maximum Gasteiger partial charge on any atom is 0.414 e. The largest absolute Gasteiger partial charge is 0.516 e. The predicted octanol–water partition coefficient (Wildman–Crippen LogP) is 0.620. The molecule has 0 heterocycles. The molecule has 10 heavy (non-hydrogen) atoms. The van der Waals surface area contributed by atoms with E-state index in [1.54, 1.807) is 0 Å². The first-order valence-corrected chi connectivity index (χ1v) is 2.02. The molecule has 0 fully saturated rings. The van der Waals surface area contributed by atoms with Gasteiger partial charge in [0.1, 0.15) is 0 Å². The van der Waals surface area contributed by atoms with Crippen LogP contribution in [-0.2, 0) is 0 Å². The number of carbonyl (C=O) groups is 2. The van der Waals surface area contributed by atoms with Crippen LogP contribution in [0.15, 0.2) is 12.8 Å². The Bertz CT molecular complexity index is 120. The molecule has 0 aromatic rings. The number of nitrogens with one attached hydrogen (secondary N) is 1. The van der Waals surface area contributed by atoms with Crippen molar-refractivity contribution in [1.82, 2.24) is 5.32 Å². The van der Waals surface area contributed by atoms with Crippen LogP contribution < -0.4 is 5.32 Å². The van der Waals surface area contributed by atoms with Gasteiger partial charge in [-0.3, -0.25) is 0 Å². The fourth-order valence-corrected chi connectivity index (χ4v) is 0.0915. The van der Waals surface area contributed by atoms with Crippen molar-refractivity contribution < 1.29 is 24.9 Å². The zero-order valence-corrected chi connectivity index (χ0v) is 4.94. The fourth-order valence-electron chi connectivity index (χ4n) is 0.0915. The number of aliphatic hydroxyl groups is 1. The molecule has 0 aliphatic carbocycles. The molecule has 0 spiro atoms. The summed E-state index contributed by atoms with van der Waals surface area (Å²) in [7, 11) is 0. The molecule has 58 valence electrons. The maximum atomic E-state index is 9.32. The molecular formula is C4H7NO5. The van der Waals surface area contributed by atoms with Gasteiger partial charge in [0.15, 0.2) is 0 Å². The van der Waals surface area contributed by atoms with Gasteiger partial charge in [0.2, 0.25) is 0 Å². The Kier molecular flexibility index (Phi) is 8.10. The minimum Gasteiger partial charge on any atom is -0.516 e. The van der Waals surface area contributed by atoms with Gasteiger partial charge < -0.3 is 15.3 Å². The molecule has 0 aromatic carbocycles. The van der Waals surface area contributed by atoms with E-state index in [1.807, 2.05) is 0 Å². The lowest BCUT2D eigenvalue weighted by Gasteiger charge is -1.85. The Morgan fingerprint density at radius 1 is 1.30 bits per heavy atom. The molecule has 0 rings (SSSR count). The van der Waals surface area contributed by atoms with E-state index >= 15 is 0 Å². The smallest absolute Gasteiger partial charge is 0.414 e. The van der Waals surface area contributed by atoms with Crippen molar-refractivity contribution in [3.63, 3.8) is 0 Å². The fraction of sp³-hybridized carbons (Fsp3) is 0. The summed E-state index contributed by atoms with van der Waals surface area (Å²) in [6, 6.07) is 0. The van der Waals surface area contributed by atoms with Crippen molar-refractivity contribution in [3.05, 3.63) is 12.8 Å². The maximum absolute atomic E-state index is 9.32. The molecule has 0 saturated carbocycles. The summed E-state index contributed by atoms with van der Waals surface area (Å²) in [6.45, 7) is 2.92. The van der Waals surface area contributed by atoms with Gasteiger partial charge in [-0.25, -0.2) is 14.9 Å². The average molecular weight is 149 g/mol. The molecule has 0 radical (unpaired) electrons. The molecule has 2 amide bonds. The van der Waals surface area contributed by atoms with Crippen molar-refractivity contribution in [3.8, 4) is 0 Å². The van der Waals surface area contributed by atoms with Gasteiger partial charge in [0.05, 0.1) is 6.26 Å². The second-order valence-electron chi connectivity index (χ2n) is 0.918. The van der Waals surface area contributed by atoms with Crippen molar-refractivity contribution in [2.45, 2.75) is 0 Å². The monoisotopic (exact) mass is 149 g/mol. The van der Waals surface area contributed by atoms with Crippen LogP contribution in [0.3, 0.4) is 0 Å². The van der Waals surface area contributed by atoms with Crippen molar-refractivity contribution in [1.29, 1.82) is 0 Å².